The molecule has 39 heavy (non-hydrogen) atoms. The molecule has 5 heteroatoms. The summed E-state index contributed by atoms with van der Waals surface area (Å²) in [6.45, 7) is 5.56. The molecular formula is C34H67NO4. The van der Waals surface area contributed by atoms with Crippen molar-refractivity contribution < 1.29 is 19.4 Å². The topological polar surface area (TPSA) is 75.6 Å². The van der Waals surface area contributed by atoms with Gasteiger partial charge in [-0.2, -0.15) is 0 Å². The Labute approximate surface area is 243 Å². The van der Waals surface area contributed by atoms with Gasteiger partial charge in [0.15, 0.2) is 0 Å². The Bertz CT molecular complexity index is 525. The third kappa shape index (κ3) is 29.7. The number of unbranched alkanes of at least 4 members (excludes halogenated alkanes) is 24. The molecule has 0 fully saturated rings. The summed E-state index contributed by atoms with van der Waals surface area (Å²) < 4.78 is 5.29. The fourth-order valence-electron chi connectivity index (χ4n) is 5.20. The van der Waals surface area contributed by atoms with Gasteiger partial charge in [0.2, 0.25) is 0 Å². The number of carboxylic acids is 1. The van der Waals surface area contributed by atoms with Crippen molar-refractivity contribution in [2.45, 2.75) is 193 Å². The molecule has 0 saturated carbocycles. The zero-order valence-corrected chi connectivity index (χ0v) is 26.3. The first-order valence-electron chi connectivity index (χ1n) is 17.2. The number of carbonyl (C=O) groups is 2. The predicted molar refractivity (Wildman–Crippen MR) is 166 cm³/mol. The molecule has 0 aromatic rings. The Balaban J connectivity index is 3.51. The van der Waals surface area contributed by atoms with E-state index >= 15 is 0 Å². The van der Waals surface area contributed by atoms with Crippen molar-refractivity contribution in [1.82, 2.24) is 5.32 Å². The first-order valence-corrected chi connectivity index (χ1v) is 17.2. The van der Waals surface area contributed by atoms with Crippen LogP contribution in [-0.4, -0.2) is 36.2 Å². The summed E-state index contributed by atoms with van der Waals surface area (Å²) in [5.74, 6) is -1.37. The highest BCUT2D eigenvalue weighted by Crippen LogP contribution is 2.14. The van der Waals surface area contributed by atoms with E-state index in [0.717, 1.165) is 25.7 Å². The third-order valence-electron chi connectivity index (χ3n) is 7.85. The van der Waals surface area contributed by atoms with Gasteiger partial charge < -0.3 is 15.2 Å². The van der Waals surface area contributed by atoms with Gasteiger partial charge in [-0.05, 0) is 19.4 Å². The van der Waals surface area contributed by atoms with Crippen LogP contribution >= 0.6 is 0 Å². The maximum absolute atomic E-state index is 12.1. The van der Waals surface area contributed by atoms with Crippen LogP contribution in [0.3, 0.4) is 0 Å². The van der Waals surface area contributed by atoms with Crippen molar-refractivity contribution in [2.75, 3.05) is 13.2 Å². The van der Waals surface area contributed by atoms with Gasteiger partial charge in [-0.25, -0.2) is 0 Å². The van der Waals surface area contributed by atoms with E-state index in [9.17, 15) is 14.7 Å². The Morgan fingerprint density at radius 1 is 0.538 bits per heavy atom. The molecule has 2 N–H and O–H groups in total. The molecule has 232 valence electrons. The zero-order valence-electron chi connectivity index (χ0n) is 26.3. The zero-order chi connectivity index (χ0) is 28.7. The summed E-state index contributed by atoms with van der Waals surface area (Å²) in [6.07, 6.45) is 33.4. The molecule has 0 aromatic carbocycles. The molecule has 0 aliphatic heterocycles. The molecule has 0 spiro atoms. The number of rotatable bonds is 32. The van der Waals surface area contributed by atoms with E-state index in [1.807, 2.05) is 0 Å². The van der Waals surface area contributed by atoms with Crippen molar-refractivity contribution in [2.24, 2.45) is 0 Å². The van der Waals surface area contributed by atoms with Crippen LogP contribution < -0.4 is 5.32 Å². The van der Waals surface area contributed by atoms with Crippen molar-refractivity contribution in [3.63, 3.8) is 0 Å². The van der Waals surface area contributed by atoms with Crippen LogP contribution in [0.1, 0.15) is 187 Å². The minimum atomic E-state index is -0.970. The average Bonchev–Trinajstić information content (AvgIpc) is 2.92. The van der Waals surface area contributed by atoms with E-state index in [1.165, 1.54) is 141 Å². The summed E-state index contributed by atoms with van der Waals surface area (Å²) in [5, 5.41) is 12.5. The summed E-state index contributed by atoms with van der Waals surface area (Å²) >= 11 is 0. The highest BCUT2D eigenvalue weighted by molar-refractivity contribution is 5.81. The number of nitrogens with one attached hydrogen (secondary N) is 1. The first-order chi connectivity index (χ1) is 19.1. The van der Waals surface area contributed by atoms with Crippen LogP contribution in [0, 0.1) is 0 Å². The molecule has 1 unspecified atom stereocenters. The lowest BCUT2D eigenvalue weighted by atomic mass is 10.0. The van der Waals surface area contributed by atoms with Crippen molar-refractivity contribution in [1.29, 1.82) is 0 Å². The second-order valence-corrected chi connectivity index (χ2v) is 11.8. The second kappa shape index (κ2) is 31.4. The highest BCUT2D eigenvalue weighted by Gasteiger charge is 2.21. The number of carboxylic acid groups (broad SMARTS) is 1. The first kappa shape index (κ1) is 37.9. The SMILES string of the molecule is CCCCCCCCCCCCCCCCCCNC(CC(=O)OCCCCCCCCCCCC)C(=O)O. The molecule has 5 nitrogen and oxygen atoms in total. The Morgan fingerprint density at radius 3 is 1.23 bits per heavy atom. The monoisotopic (exact) mass is 554 g/mol. The highest BCUT2D eigenvalue weighted by atomic mass is 16.5. The quantitative estimate of drug-likeness (QED) is 0.0640. The predicted octanol–water partition coefficient (Wildman–Crippen LogP) is 10.1. The summed E-state index contributed by atoms with van der Waals surface area (Å²) in [5.41, 5.74) is 0. The maximum atomic E-state index is 12.1. The van der Waals surface area contributed by atoms with Crippen molar-refractivity contribution in [3.8, 4) is 0 Å². The molecule has 0 aliphatic carbocycles. The van der Waals surface area contributed by atoms with Gasteiger partial charge in [0.05, 0.1) is 13.0 Å². The number of hydrogen-bond donors (Lipinski definition) is 2. The molecule has 0 aromatic heterocycles. The van der Waals surface area contributed by atoms with Gasteiger partial charge in [0.1, 0.15) is 6.04 Å². The lowest BCUT2D eigenvalue weighted by Crippen LogP contribution is -2.39. The van der Waals surface area contributed by atoms with Crippen LogP contribution in [0.5, 0.6) is 0 Å². The molecular weight excluding hydrogens is 486 g/mol. The van der Waals surface area contributed by atoms with E-state index in [2.05, 4.69) is 19.2 Å². The van der Waals surface area contributed by atoms with Crippen LogP contribution in [-0.2, 0) is 14.3 Å². The standard InChI is InChI=1S/C34H67NO4/c1-3-5-7-9-11-13-15-16-17-18-19-20-21-23-25-27-29-35-32(34(37)38)31-33(36)39-30-28-26-24-22-14-12-10-8-6-4-2/h32,35H,3-31H2,1-2H3,(H,37,38). The Morgan fingerprint density at radius 2 is 0.872 bits per heavy atom. The minimum absolute atomic E-state index is 0.0913. The van der Waals surface area contributed by atoms with Crippen LogP contribution in [0.4, 0.5) is 0 Å². The van der Waals surface area contributed by atoms with Gasteiger partial charge in [-0.3, -0.25) is 9.59 Å². The van der Waals surface area contributed by atoms with E-state index in [1.54, 1.807) is 0 Å². The fourth-order valence-corrected chi connectivity index (χ4v) is 5.20. The number of hydrogen-bond acceptors (Lipinski definition) is 4. The summed E-state index contributed by atoms with van der Waals surface area (Å²) in [6, 6.07) is -0.846. The van der Waals surface area contributed by atoms with Crippen molar-refractivity contribution >= 4 is 11.9 Å². The van der Waals surface area contributed by atoms with E-state index in [4.69, 9.17) is 4.74 Å². The van der Waals surface area contributed by atoms with Gasteiger partial charge in [-0.15, -0.1) is 0 Å². The van der Waals surface area contributed by atoms with Crippen LogP contribution in [0.15, 0.2) is 0 Å². The van der Waals surface area contributed by atoms with Crippen LogP contribution in [0.2, 0.25) is 0 Å². The second-order valence-electron chi connectivity index (χ2n) is 11.8. The molecule has 0 rings (SSSR count). The molecule has 0 heterocycles. The average molecular weight is 554 g/mol. The smallest absolute Gasteiger partial charge is 0.321 e. The van der Waals surface area contributed by atoms with Crippen LogP contribution in [0.25, 0.3) is 0 Å². The molecule has 1 atom stereocenters. The minimum Gasteiger partial charge on any atom is -0.480 e. The normalized spacial score (nSPS) is 12.1. The summed E-state index contributed by atoms with van der Waals surface area (Å²) in [4.78, 5) is 23.6. The number of ether oxygens (including phenoxy) is 1. The van der Waals surface area contributed by atoms with Gasteiger partial charge in [0.25, 0.3) is 0 Å². The summed E-state index contributed by atoms with van der Waals surface area (Å²) in [7, 11) is 0. The molecule has 0 amide bonds. The number of aliphatic carboxylic acids is 1. The van der Waals surface area contributed by atoms with Gasteiger partial charge >= 0.3 is 11.9 Å². The Hall–Kier alpha value is -1.10. The Kier molecular flexibility index (Phi) is 30.5. The fraction of sp³-hybridized carbons (Fsp3) is 0.941. The third-order valence-corrected chi connectivity index (χ3v) is 7.85. The lowest BCUT2D eigenvalue weighted by Gasteiger charge is -2.14. The van der Waals surface area contributed by atoms with Crippen molar-refractivity contribution in [3.05, 3.63) is 0 Å². The van der Waals surface area contributed by atoms with Gasteiger partial charge in [0, 0.05) is 0 Å². The lowest BCUT2D eigenvalue weighted by molar-refractivity contribution is -0.149. The molecule has 0 saturated heterocycles. The van der Waals surface area contributed by atoms with E-state index in [-0.39, 0.29) is 6.42 Å². The molecule has 0 bridgehead atoms. The molecule has 0 aliphatic rings. The van der Waals surface area contributed by atoms with E-state index in [0.29, 0.717) is 13.2 Å². The molecule has 0 radical (unpaired) electrons. The van der Waals surface area contributed by atoms with E-state index < -0.39 is 18.0 Å². The van der Waals surface area contributed by atoms with Gasteiger partial charge in [-0.1, -0.05) is 168 Å². The number of carbonyl (C=O) groups excluding carboxylic acids is 1. The largest absolute Gasteiger partial charge is 0.480 e. The number of esters is 1. The maximum Gasteiger partial charge on any atom is 0.321 e.